The highest BCUT2D eigenvalue weighted by molar-refractivity contribution is 5.67. The molecule has 3 aliphatic rings. The normalized spacial score (nSPS) is 27.2. The molecule has 0 radical (unpaired) electrons. The third kappa shape index (κ3) is 4.98. The van der Waals surface area contributed by atoms with Gasteiger partial charge in [0.05, 0.1) is 18.4 Å². The fraction of sp³-hybridized carbons (Fsp3) is 0.625. The van der Waals surface area contributed by atoms with Crippen molar-refractivity contribution in [1.82, 2.24) is 20.1 Å². The maximum atomic E-state index is 13.4. The van der Waals surface area contributed by atoms with Crippen molar-refractivity contribution in [3.63, 3.8) is 0 Å². The zero-order chi connectivity index (χ0) is 25.5. The van der Waals surface area contributed by atoms with E-state index in [0.717, 1.165) is 57.2 Å². The van der Waals surface area contributed by atoms with Crippen LogP contribution in [0.25, 0.3) is 11.3 Å². The minimum absolute atomic E-state index is 0.00488. The first kappa shape index (κ1) is 20.9. The summed E-state index contributed by atoms with van der Waals surface area (Å²) in [5, 5.41) is 11.6. The van der Waals surface area contributed by atoms with Gasteiger partial charge in [-0.1, -0.05) is 0 Å². The number of anilines is 1. The number of likely N-dealkylation sites (tertiary alicyclic amines) is 1. The highest BCUT2D eigenvalue weighted by Gasteiger charge is 2.41. The topological polar surface area (TPSA) is 72.4 Å². The second-order valence-corrected chi connectivity index (χ2v) is 9.32. The Labute approximate surface area is 199 Å². The Morgan fingerprint density at radius 1 is 1.21 bits per heavy atom. The van der Waals surface area contributed by atoms with E-state index in [4.69, 9.17) is 12.2 Å². The first-order valence-corrected chi connectivity index (χ1v) is 11.7. The van der Waals surface area contributed by atoms with Gasteiger partial charge in [-0.2, -0.15) is 13.2 Å². The molecule has 184 valence electrons. The second kappa shape index (κ2) is 9.65. The maximum Gasteiger partial charge on any atom is 0.417 e. The van der Waals surface area contributed by atoms with Crippen molar-refractivity contribution in [2.24, 2.45) is 17.8 Å². The predicted molar refractivity (Wildman–Crippen MR) is 120 cm³/mol. The zero-order valence-corrected chi connectivity index (χ0v) is 19.0. The lowest BCUT2D eigenvalue weighted by Gasteiger charge is -2.27. The summed E-state index contributed by atoms with van der Waals surface area (Å²) in [4.78, 5) is 5.83. The number of alkyl halides is 3. The van der Waals surface area contributed by atoms with E-state index in [9.17, 15) is 13.2 Å². The van der Waals surface area contributed by atoms with E-state index in [1.54, 1.807) is 0 Å². The lowest BCUT2D eigenvalue weighted by molar-refractivity contribution is -0.137. The molecule has 7 nitrogen and oxygen atoms in total. The molecule has 4 heterocycles. The number of ether oxygens (including phenoxy) is 2. The van der Waals surface area contributed by atoms with Crippen molar-refractivity contribution < 1.29 is 25.4 Å². The van der Waals surface area contributed by atoms with Crippen molar-refractivity contribution in [3.05, 3.63) is 30.1 Å². The molecule has 1 N–H and O–H groups in total. The van der Waals surface area contributed by atoms with Crippen LogP contribution in [0, 0.1) is 17.8 Å². The van der Waals surface area contributed by atoms with Crippen LogP contribution in [0.5, 0.6) is 5.75 Å². The summed E-state index contributed by atoms with van der Waals surface area (Å²) in [6.07, 6.45) is 0.904. The monoisotopic (exact) mass is 479 g/mol. The van der Waals surface area contributed by atoms with Gasteiger partial charge in [-0.15, -0.1) is 10.2 Å². The fourth-order valence-corrected chi connectivity index (χ4v) is 5.41. The summed E-state index contributed by atoms with van der Waals surface area (Å²) in [7, 11) is 1.44. The van der Waals surface area contributed by atoms with Gasteiger partial charge in [0.1, 0.15) is 0 Å². The first-order chi connectivity index (χ1) is 17.2. The number of halogens is 3. The highest BCUT2D eigenvalue weighted by atomic mass is 19.4. The average molecular weight is 480 g/mol. The van der Waals surface area contributed by atoms with Gasteiger partial charge in [-0.3, -0.25) is 4.98 Å². The third-order valence-corrected chi connectivity index (χ3v) is 7.06. The largest absolute Gasteiger partial charge is 0.493 e. The molecule has 2 aliphatic heterocycles. The van der Waals surface area contributed by atoms with E-state index in [1.165, 1.54) is 13.2 Å². The molecule has 2 atom stereocenters. The number of methoxy groups -OCH3 is 1. The number of hydrogen-bond acceptors (Lipinski definition) is 7. The number of pyridine rings is 1. The molecule has 0 bridgehead atoms. The molecule has 3 fully saturated rings. The number of aromatic nitrogens is 3. The van der Waals surface area contributed by atoms with E-state index in [1.807, 2.05) is 4.90 Å². The molecule has 2 saturated heterocycles. The Morgan fingerprint density at radius 3 is 2.62 bits per heavy atom. The van der Waals surface area contributed by atoms with Crippen molar-refractivity contribution in [2.75, 3.05) is 45.2 Å². The molecule has 1 aliphatic carbocycles. The maximum absolute atomic E-state index is 13.4. The molecular weight excluding hydrogens is 447 g/mol. The summed E-state index contributed by atoms with van der Waals surface area (Å²) in [5.74, 6) is 1.44. The van der Waals surface area contributed by atoms with E-state index >= 15 is 0 Å². The van der Waals surface area contributed by atoms with Crippen molar-refractivity contribution >= 4 is 5.82 Å². The summed E-state index contributed by atoms with van der Waals surface area (Å²) in [6.45, 7) is 1.35. The summed E-state index contributed by atoms with van der Waals surface area (Å²) in [5.41, 5.74) is -0.952. The Hall–Kier alpha value is -2.46. The van der Waals surface area contributed by atoms with Crippen LogP contribution in [0.2, 0.25) is 0 Å². The van der Waals surface area contributed by atoms with Crippen molar-refractivity contribution in [1.29, 1.82) is 0 Å². The molecule has 1 saturated carbocycles. The van der Waals surface area contributed by atoms with E-state index < -0.39 is 18.2 Å². The third-order valence-electron chi connectivity index (χ3n) is 7.06. The van der Waals surface area contributed by atoms with Gasteiger partial charge >= 0.3 is 6.18 Å². The molecule has 2 unspecified atom stereocenters. The highest BCUT2D eigenvalue weighted by Crippen LogP contribution is 2.41. The first-order valence-electron chi connectivity index (χ1n) is 12.7. The smallest absolute Gasteiger partial charge is 0.417 e. The SMILES string of the molecule is [2H]C([2H])(C1CCOCC1)N1CC2CC(Nc3nnc(-c4cnccc4C(F)(F)F)cc3OC)CC2C1. The van der Waals surface area contributed by atoms with Gasteiger partial charge in [0.2, 0.25) is 0 Å². The van der Waals surface area contributed by atoms with Gasteiger partial charge < -0.3 is 19.7 Å². The van der Waals surface area contributed by atoms with Crippen molar-refractivity contribution in [2.45, 2.75) is 37.9 Å². The molecule has 34 heavy (non-hydrogen) atoms. The Kier molecular flexibility index (Phi) is 5.93. The lowest BCUT2D eigenvalue weighted by atomic mass is 10.00. The average Bonchev–Trinajstić information content (AvgIpc) is 3.44. The van der Waals surface area contributed by atoms with Crippen LogP contribution in [0.4, 0.5) is 19.0 Å². The molecule has 0 spiro atoms. The molecule has 2 aromatic heterocycles. The van der Waals surface area contributed by atoms with Crippen LogP contribution < -0.4 is 10.1 Å². The number of nitrogens with zero attached hydrogens (tertiary/aromatic N) is 4. The van der Waals surface area contributed by atoms with Crippen LogP contribution >= 0.6 is 0 Å². The standard InChI is InChI=1S/C24H30F3N5O2/c1-33-22-10-21(19-11-28-5-2-20(19)24(25,26)27)30-31-23(22)29-18-8-16-13-32(14-17(16)9-18)12-15-3-6-34-7-4-15/h2,5,10-11,15-18H,3-4,6-9,12-14H2,1H3,(H,29,31)/i12D2. The number of nitrogens with one attached hydrogen (secondary N) is 1. The predicted octanol–water partition coefficient (Wildman–Crippen LogP) is 4.11. The van der Waals surface area contributed by atoms with Gasteiger partial charge in [0.25, 0.3) is 0 Å². The van der Waals surface area contributed by atoms with E-state index in [-0.39, 0.29) is 23.2 Å². The van der Waals surface area contributed by atoms with Crippen LogP contribution in [-0.4, -0.2) is 66.0 Å². The summed E-state index contributed by atoms with van der Waals surface area (Å²) in [6, 6.07) is 2.47. The zero-order valence-electron chi connectivity index (χ0n) is 21.0. The number of rotatable bonds is 6. The Balaban J connectivity index is 1.25. The summed E-state index contributed by atoms with van der Waals surface area (Å²) >= 11 is 0. The minimum Gasteiger partial charge on any atom is -0.493 e. The van der Waals surface area contributed by atoms with Crippen LogP contribution in [0.15, 0.2) is 24.5 Å². The van der Waals surface area contributed by atoms with Gasteiger partial charge in [0, 0.05) is 65.6 Å². The van der Waals surface area contributed by atoms with Gasteiger partial charge in [0.15, 0.2) is 11.6 Å². The molecule has 10 heteroatoms. The van der Waals surface area contributed by atoms with Crippen LogP contribution in [-0.2, 0) is 10.9 Å². The Morgan fingerprint density at radius 2 is 1.94 bits per heavy atom. The van der Waals surface area contributed by atoms with Gasteiger partial charge in [-0.25, -0.2) is 0 Å². The molecule has 0 amide bonds. The minimum atomic E-state index is -4.54. The van der Waals surface area contributed by atoms with Crippen LogP contribution in [0.3, 0.4) is 0 Å². The molecule has 0 aromatic carbocycles. The molecule has 2 aromatic rings. The van der Waals surface area contributed by atoms with E-state index in [0.29, 0.717) is 36.6 Å². The Bertz CT molecular complexity index is 1070. The quantitative estimate of drug-likeness (QED) is 0.668. The fourth-order valence-electron chi connectivity index (χ4n) is 5.41. The van der Waals surface area contributed by atoms with Crippen molar-refractivity contribution in [3.8, 4) is 17.0 Å². The van der Waals surface area contributed by atoms with E-state index in [2.05, 4.69) is 20.5 Å². The molecular formula is C24H30F3N5O2. The van der Waals surface area contributed by atoms with Crippen LogP contribution in [0.1, 0.15) is 34.0 Å². The number of fused-ring (bicyclic) bond motifs is 1. The summed E-state index contributed by atoms with van der Waals surface area (Å²) < 4.78 is 68.6. The van der Waals surface area contributed by atoms with Gasteiger partial charge in [-0.05, 0) is 49.5 Å². The lowest BCUT2D eigenvalue weighted by Crippen LogP contribution is -2.32. The molecule has 5 rings (SSSR count). The number of hydrogen-bond donors (Lipinski definition) is 1. The second-order valence-electron chi connectivity index (χ2n) is 9.32.